The molecule has 0 fully saturated rings. The van der Waals surface area contributed by atoms with Crippen molar-refractivity contribution < 1.29 is 13.6 Å². The van der Waals surface area contributed by atoms with Crippen molar-refractivity contribution in [2.45, 2.75) is 13.3 Å². The van der Waals surface area contributed by atoms with E-state index in [0.717, 1.165) is 6.07 Å². The molecule has 0 aliphatic carbocycles. The van der Waals surface area contributed by atoms with E-state index in [2.05, 4.69) is 15.9 Å². The summed E-state index contributed by atoms with van der Waals surface area (Å²) in [5, 5.41) is 0. The molecule has 0 heterocycles. The summed E-state index contributed by atoms with van der Waals surface area (Å²) in [6.45, 7) is 1.69. The van der Waals surface area contributed by atoms with Gasteiger partial charge >= 0.3 is 0 Å². The van der Waals surface area contributed by atoms with Crippen molar-refractivity contribution in [3.05, 3.63) is 33.3 Å². The van der Waals surface area contributed by atoms with Crippen LogP contribution >= 0.6 is 15.9 Å². The molecule has 0 N–H and O–H groups in total. The summed E-state index contributed by atoms with van der Waals surface area (Å²) in [6.07, 6.45) is 0.830. The molecule has 13 heavy (non-hydrogen) atoms. The van der Waals surface area contributed by atoms with Crippen LogP contribution in [-0.2, 0) is 6.42 Å². The van der Waals surface area contributed by atoms with Crippen LogP contribution in [0.15, 0.2) is 10.5 Å². The van der Waals surface area contributed by atoms with E-state index in [1.54, 1.807) is 6.92 Å². The maximum absolute atomic E-state index is 13.1. The zero-order valence-corrected chi connectivity index (χ0v) is 8.49. The van der Waals surface area contributed by atoms with Crippen LogP contribution in [0, 0.1) is 11.6 Å². The standard InChI is InChI=1S/C9H7BrF2O/c1-2-6-8(10)5(4-13)3-7(11)9(6)12/h3-4H,2H2,1H3. The van der Waals surface area contributed by atoms with Gasteiger partial charge in [0.15, 0.2) is 17.9 Å². The van der Waals surface area contributed by atoms with Gasteiger partial charge in [0, 0.05) is 15.6 Å². The first-order valence-electron chi connectivity index (χ1n) is 3.73. The quantitative estimate of drug-likeness (QED) is 0.581. The van der Waals surface area contributed by atoms with Gasteiger partial charge < -0.3 is 0 Å². The average molecular weight is 249 g/mol. The Labute approximate surface area is 82.9 Å². The number of aldehydes is 1. The molecule has 70 valence electrons. The highest BCUT2D eigenvalue weighted by molar-refractivity contribution is 9.10. The molecule has 0 unspecified atom stereocenters. The molecule has 0 atom stereocenters. The van der Waals surface area contributed by atoms with Gasteiger partial charge in [-0.05, 0) is 28.4 Å². The molecular formula is C9H7BrF2O. The number of carbonyl (C=O) groups is 1. The minimum absolute atomic E-state index is 0.135. The zero-order valence-electron chi connectivity index (χ0n) is 6.90. The van der Waals surface area contributed by atoms with E-state index >= 15 is 0 Å². The SMILES string of the molecule is CCc1c(F)c(F)cc(C=O)c1Br. The van der Waals surface area contributed by atoms with E-state index in [1.807, 2.05) is 0 Å². The summed E-state index contributed by atoms with van der Waals surface area (Å²) in [6, 6.07) is 0.881. The van der Waals surface area contributed by atoms with Crippen molar-refractivity contribution >= 4 is 22.2 Å². The van der Waals surface area contributed by atoms with Crippen LogP contribution in [0.5, 0.6) is 0 Å². The summed E-state index contributed by atoms with van der Waals surface area (Å²) in [7, 11) is 0. The van der Waals surface area contributed by atoms with Gasteiger partial charge in [-0.25, -0.2) is 8.78 Å². The van der Waals surface area contributed by atoms with Crippen LogP contribution in [0.3, 0.4) is 0 Å². The second-order valence-electron chi connectivity index (χ2n) is 2.53. The Balaban J connectivity index is 3.47. The van der Waals surface area contributed by atoms with Gasteiger partial charge in [-0.3, -0.25) is 4.79 Å². The summed E-state index contributed by atoms with van der Waals surface area (Å²) < 4.78 is 26.2. The van der Waals surface area contributed by atoms with Gasteiger partial charge in [-0.2, -0.15) is 0 Å². The summed E-state index contributed by atoms with van der Waals surface area (Å²) >= 11 is 3.05. The van der Waals surface area contributed by atoms with Gasteiger partial charge in [0.05, 0.1) is 0 Å². The van der Waals surface area contributed by atoms with E-state index in [9.17, 15) is 13.6 Å². The van der Waals surface area contributed by atoms with E-state index in [4.69, 9.17) is 0 Å². The molecule has 0 saturated heterocycles. The fraction of sp³-hybridized carbons (Fsp3) is 0.222. The largest absolute Gasteiger partial charge is 0.298 e. The van der Waals surface area contributed by atoms with Gasteiger partial charge in [-0.1, -0.05) is 6.92 Å². The monoisotopic (exact) mass is 248 g/mol. The molecule has 0 saturated carbocycles. The second-order valence-corrected chi connectivity index (χ2v) is 3.32. The number of hydrogen-bond acceptors (Lipinski definition) is 1. The third-order valence-electron chi connectivity index (χ3n) is 1.76. The van der Waals surface area contributed by atoms with Crippen molar-refractivity contribution in [2.75, 3.05) is 0 Å². The molecule has 1 aromatic rings. The third kappa shape index (κ3) is 1.77. The number of halogens is 3. The normalized spacial score (nSPS) is 10.2. The first-order valence-corrected chi connectivity index (χ1v) is 4.52. The van der Waals surface area contributed by atoms with Crippen LogP contribution in [0.2, 0.25) is 0 Å². The highest BCUT2D eigenvalue weighted by Gasteiger charge is 2.14. The lowest BCUT2D eigenvalue weighted by Gasteiger charge is -2.06. The molecule has 1 rings (SSSR count). The lowest BCUT2D eigenvalue weighted by atomic mass is 10.1. The van der Waals surface area contributed by atoms with E-state index in [0.29, 0.717) is 17.2 Å². The van der Waals surface area contributed by atoms with E-state index < -0.39 is 11.6 Å². The average Bonchev–Trinajstić information content (AvgIpc) is 2.12. The van der Waals surface area contributed by atoms with Crippen molar-refractivity contribution in [1.82, 2.24) is 0 Å². The molecular weight excluding hydrogens is 242 g/mol. The Hall–Kier alpha value is -0.770. The van der Waals surface area contributed by atoms with Crippen molar-refractivity contribution in [1.29, 1.82) is 0 Å². The minimum Gasteiger partial charge on any atom is -0.298 e. The molecule has 4 heteroatoms. The summed E-state index contributed by atoms with van der Waals surface area (Å²) in [5.74, 6) is -1.87. The maximum Gasteiger partial charge on any atom is 0.163 e. The smallest absolute Gasteiger partial charge is 0.163 e. The summed E-state index contributed by atoms with van der Waals surface area (Å²) in [4.78, 5) is 10.4. The predicted molar refractivity (Wildman–Crippen MR) is 48.8 cm³/mol. The highest BCUT2D eigenvalue weighted by atomic mass is 79.9. The fourth-order valence-electron chi connectivity index (χ4n) is 1.07. The molecule has 0 bridgehead atoms. The number of benzene rings is 1. The molecule has 0 aromatic heterocycles. The van der Waals surface area contributed by atoms with E-state index in [-0.39, 0.29) is 11.1 Å². The molecule has 0 aliphatic heterocycles. The highest BCUT2D eigenvalue weighted by Crippen LogP contribution is 2.26. The third-order valence-corrected chi connectivity index (χ3v) is 2.69. The lowest BCUT2D eigenvalue weighted by molar-refractivity contribution is 0.112. The van der Waals surface area contributed by atoms with Gasteiger partial charge in [0.1, 0.15) is 0 Å². The zero-order chi connectivity index (χ0) is 10.0. The Morgan fingerprint density at radius 3 is 2.62 bits per heavy atom. The van der Waals surface area contributed by atoms with E-state index in [1.165, 1.54) is 0 Å². The topological polar surface area (TPSA) is 17.1 Å². The van der Waals surface area contributed by atoms with Crippen LogP contribution in [0.25, 0.3) is 0 Å². The van der Waals surface area contributed by atoms with Gasteiger partial charge in [0.2, 0.25) is 0 Å². The Morgan fingerprint density at radius 2 is 2.15 bits per heavy atom. The molecule has 1 aromatic carbocycles. The minimum atomic E-state index is -0.984. The molecule has 0 amide bonds. The van der Waals surface area contributed by atoms with Crippen molar-refractivity contribution in [2.24, 2.45) is 0 Å². The summed E-state index contributed by atoms with van der Waals surface area (Å²) in [5.41, 5.74) is 0.331. The fourth-order valence-corrected chi connectivity index (χ4v) is 1.74. The number of hydrogen-bond donors (Lipinski definition) is 0. The maximum atomic E-state index is 13.1. The van der Waals surface area contributed by atoms with Gasteiger partial charge in [-0.15, -0.1) is 0 Å². The number of carbonyl (C=O) groups excluding carboxylic acids is 1. The Kier molecular flexibility index (Phi) is 3.14. The molecule has 1 nitrogen and oxygen atoms in total. The van der Waals surface area contributed by atoms with Crippen molar-refractivity contribution in [3.8, 4) is 0 Å². The first kappa shape index (κ1) is 10.3. The first-order chi connectivity index (χ1) is 6.11. The Bertz CT molecular complexity index is 350. The van der Waals surface area contributed by atoms with Crippen LogP contribution in [0.1, 0.15) is 22.8 Å². The van der Waals surface area contributed by atoms with Crippen molar-refractivity contribution in [3.63, 3.8) is 0 Å². The second kappa shape index (κ2) is 3.96. The lowest BCUT2D eigenvalue weighted by Crippen LogP contribution is -1.98. The van der Waals surface area contributed by atoms with Crippen LogP contribution in [-0.4, -0.2) is 6.29 Å². The number of rotatable bonds is 2. The molecule has 0 spiro atoms. The molecule has 0 aliphatic rings. The van der Waals surface area contributed by atoms with Crippen LogP contribution < -0.4 is 0 Å². The van der Waals surface area contributed by atoms with Gasteiger partial charge in [0.25, 0.3) is 0 Å². The Morgan fingerprint density at radius 1 is 1.54 bits per heavy atom. The molecule has 0 radical (unpaired) electrons. The van der Waals surface area contributed by atoms with Crippen LogP contribution in [0.4, 0.5) is 8.78 Å². The predicted octanol–water partition coefficient (Wildman–Crippen LogP) is 3.10.